The molecule has 2 aromatic carbocycles. The smallest absolute Gasteiger partial charge is 0.350 e. The number of piperidine rings is 1. The van der Waals surface area contributed by atoms with Crippen LogP contribution in [0.3, 0.4) is 0 Å². The van der Waals surface area contributed by atoms with Gasteiger partial charge in [-0.05, 0) is 76.5 Å². The highest BCUT2D eigenvalue weighted by Gasteiger charge is 2.42. The number of carbonyl (C=O) groups is 1. The minimum Gasteiger partial charge on any atom is -0.380 e. The number of likely N-dealkylation sites (tertiary alicyclic amines) is 1. The van der Waals surface area contributed by atoms with E-state index in [0.717, 1.165) is 73.1 Å². The average Bonchev–Trinajstić information content (AvgIpc) is 2.99. The van der Waals surface area contributed by atoms with E-state index in [1.54, 1.807) is 11.8 Å². The van der Waals surface area contributed by atoms with E-state index in [1.807, 2.05) is 36.3 Å². The summed E-state index contributed by atoms with van der Waals surface area (Å²) in [4.78, 5) is 38.7. The average molecular weight is 636 g/mol. The third kappa shape index (κ3) is 5.16. The van der Waals surface area contributed by atoms with Gasteiger partial charge in [0, 0.05) is 70.4 Å². The maximum absolute atomic E-state index is 15.3. The number of halogens is 2. The standard InChI is InChI=1S/C34H39F2N5O3S/c1-5-28(42)40-21(3)14-39(15-22(40)4)32-26-12-20(2)29(25-7-6-23(35)13-27(25)36)31-30(26)41(33(43)37-32)24(17-45-31)16-38-10-8-34(9-11-38)18-44-19-34/h5-7,12-13,21-22,24H,1,8-11,14-19H2,2-4H3/t21-,22+,24-/m0/s1. The second kappa shape index (κ2) is 11.5. The molecule has 7 rings (SSSR count). The van der Waals surface area contributed by atoms with Crippen LogP contribution >= 0.6 is 11.8 Å². The molecule has 0 radical (unpaired) electrons. The monoisotopic (exact) mass is 635 g/mol. The van der Waals surface area contributed by atoms with Gasteiger partial charge in [0.1, 0.15) is 17.5 Å². The highest BCUT2D eigenvalue weighted by atomic mass is 32.2. The number of hydrogen-bond acceptors (Lipinski definition) is 7. The molecule has 3 saturated heterocycles. The zero-order valence-electron chi connectivity index (χ0n) is 26.0. The topological polar surface area (TPSA) is 70.9 Å². The van der Waals surface area contributed by atoms with E-state index in [1.165, 1.54) is 18.2 Å². The lowest BCUT2D eigenvalue weighted by Gasteiger charge is -2.48. The van der Waals surface area contributed by atoms with Crippen LogP contribution in [0.4, 0.5) is 14.6 Å². The number of nitrogens with zero attached hydrogens (tertiary/aromatic N) is 5. The Balaban J connectivity index is 1.34. The van der Waals surface area contributed by atoms with E-state index in [2.05, 4.69) is 16.4 Å². The minimum absolute atomic E-state index is 0.112. The van der Waals surface area contributed by atoms with Crippen LogP contribution in [0.2, 0.25) is 0 Å². The predicted molar refractivity (Wildman–Crippen MR) is 173 cm³/mol. The molecule has 11 heteroatoms. The van der Waals surface area contributed by atoms with Crippen LogP contribution in [0.1, 0.15) is 38.3 Å². The van der Waals surface area contributed by atoms with Gasteiger partial charge in [0.15, 0.2) is 0 Å². The quantitative estimate of drug-likeness (QED) is 0.365. The molecule has 0 unspecified atom stereocenters. The van der Waals surface area contributed by atoms with E-state index in [9.17, 15) is 14.0 Å². The molecule has 8 nitrogen and oxygen atoms in total. The Morgan fingerprint density at radius 3 is 2.49 bits per heavy atom. The Labute approximate surface area is 266 Å². The second-order valence-corrected chi connectivity index (χ2v) is 14.3. The third-order valence-electron chi connectivity index (χ3n) is 10.2. The van der Waals surface area contributed by atoms with Crippen molar-refractivity contribution in [3.63, 3.8) is 0 Å². The van der Waals surface area contributed by atoms with E-state index >= 15 is 4.39 Å². The zero-order chi connectivity index (χ0) is 31.6. The first kappa shape index (κ1) is 30.4. The van der Waals surface area contributed by atoms with E-state index in [-0.39, 0.29) is 29.7 Å². The van der Waals surface area contributed by atoms with Crippen molar-refractivity contribution in [3.05, 3.63) is 64.6 Å². The van der Waals surface area contributed by atoms with Gasteiger partial charge in [-0.3, -0.25) is 9.36 Å². The molecule has 0 aliphatic carbocycles. The zero-order valence-corrected chi connectivity index (χ0v) is 26.8. The summed E-state index contributed by atoms with van der Waals surface area (Å²) >= 11 is 1.64. The van der Waals surface area contributed by atoms with Crippen molar-refractivity contribution in [2.75, 3.05) is 56.6 Å². The molecule has 4 aliphatic rings. The molecule has 0 bridgehead atoms. The van der Waals surface area contributed by atoms with E-state index in [0.29, 0.717) is 41.2 Å². The number of thioether (sulfide) groups is 1. The highest BCUT2D eigenvalue weighted by Crippen LogP contribution is 2.47. The number of aryl methyl sites for hydroxylation is 1. The van der Waals surface area contributed by atoms with Crippen molar-refractivity contribution in [1.82, 2.24) is 19.4 Å². The lowest BCUT2D eigenvalue weighted by atomic mass is 9.77. The van der Waals surface area contributed by atoms with Crippen LogP contribution in [0.25, 0.3) is 22.0 Å². The summed E-state index contributed by atoms with van der Waals surface area (Å²) in [5, 5.41) is 0.831. The Bertz CT molecular complexity index is 1740. The Morgan fingerprint density at radius 1 is 1.16 bits per heavy atom. The summed E-state index contributed by atoms with van der Waals surface area (Å²) < 4.78 is 36.6. The molecule has 3 fully saturated rings. The van der Waals surface area contributed by atoms with Crippen LogP contribution in [0.5, 0.6) is 0 Å². The molecule has 1 spiro atoms. The molecule has 0 N–H and O–H groups in total. The van der Waals surface area contributed by atoms with Gasteiger partial charge in [0.05, 0.1) is 24.8 Å². The predicted octanol–water partition coefficient (Wildman–Crippen LogP) is 5.02. The molecular weight excluding hydrogens is 596 g/mol. The maximum Gasteiger partial charge on any atom is 0.350 e. The van der Waals surface area contributed by atoms with Crippen LogP contribution in [-0.2, 0) is 9.53 Å². The van der Waals surface area contributed by atoms with Gasteiger partial charge in [0.25, 0.3) is 0 Å². The number of anilines is 1. The van der Waals surface area contributed by atoms with Gasteiger partial charge >= 0.3 is 5.69 Å². The number of rotatable bonds is 5. The summed E-state index contributed by atoms with van der Waals surface area (Å²) in [5.41, 5.74) is 2.56. The first-order valence-corrected chi connectivity index (χ1v) is 16.8. The molecule has 3 aromatic rings. The summed E-state index contributed by atoms with van der Waals surface area (Å²) in [6.45, 7) is 14.9. The summed E-state index contributed by atoms with van der Waals surface area (Å²) in [7, 11) is 0. The number of aromatic nitrogens is 2. The van der Waals surface area contributed by atoms with Gasteiger partial charge in [0.2, 0.25) is 5.91 Å². The number of amides is 1. The van der Waals surface area contributed by atoms with Gasteiger partial charge < -0.3 is 19.4 Å². The molecule has 4 aliphatic heterocycles. The molecule has 1 amide bonds. The van der Waals surface area contributed by atoms with Crippen molar-refractivity contribution >= 4 is 34.4 Å². The van der Waals surface area contributed by atoms with Crippen LogP contribution in [-0.4, -0.2) is 89.0 Å². The summed E-state index contributed by atoms with van der Waals surface area (Å²) in [6, 6.07) is 5.32. The van der Waals surface area contributed by atoms with Gasteiger partial charge in [-0.1, -0.05) is 6.58 Å². The molecule has 0 saturated carbocycles. The minimum atomic E-state index is -0.632. The summed E-state index contributed by atoms with van der Waals surface area (Å²) in [5.74, 6) is -0.156. The maximum atomic E-state index is 15.3. The fourth-order valence-corrected chi connectivity index (χ4v) is 9.22. The Morgan fingerprint density at radius 2 is 1.87 bits per heavy atom. The van der Waals surface area contributed by atoms with Crippen LogP contribution in [0, 0.1) is 24.0 Å². The molecule has 45 heavy (non-hydrogen) atoms. The van der Waals surface area contributed by atoms with Crippen LogP contribution in [0.15, 0.2) is 46.6 Å². The Hall–Kier alpha value is -3.28. The van der Waals surface area contributed by atoms with E-state index < -0.39 is 11.6 Å². The second-order valence-electron chi connectivity index (χ2n) is 13.3. The molecule has 238 valence electrons. The first-order chi connectivity index (χ1) is 21.6. The number of hydrogen-bond donors (Lipinski definition) is 0. The number of benzene rings is 2. The SMILES string of the molecule is C=CC(=O)N1[C@H](C)CN(c2nc(=O)n3c4c(c(-c5ccc(F)cc5F)c(C)cc24)SC[C@@H]3CN2CCC3(CC2)COC3)C[C@@H]1C. The largest absolute Gasteiger partial charge is 0.380 e. The lowest BCUT2D eigenvalue weighted by Crippen LogP contribution is -2.58. The van der Waals surface area contributed by atoms with Crippen molar-refractivity contribution in [1.29, 1.82) is 0 Å². The summed E-state index contributed by atoms with van der Waals surface area (Å²) in [6.07, 6.45) is 3.53. The van der Waals surface area contributed by atoms with Crippen molar-refractivity contribution < 1.29 is 18.3 Å². The van der Waals surface area contributed by atoms with Crippen LogP contribution < -0.4 is 10.6 Å². The fraction of sp³-hybridized carbons (Fsp3) is 0.500. The molecular formula is C34H39F2N5O3S. The molecule has 3 atom stereocenters. The number of piperazine rings is 1. The number of carbonyl (C=O) groups excluding carboxylic acids is 1. The molecule has 1 aromatic heterocycles. The fourth-order valence-electron chi connectivity index (χ4n) is 7.85. The van der Waals surface area contributed by atoms with Gasteiger partial charge in [-0.15, -0.1) is 11.8 Å². The van der Waals surface area contributed by atoms with Gasteiger partial charge in [-0.25, -0.2) is 13.6 Å². The van der Waals surface area contributed by atoms with Gasteiger partial charge in [-0.2, -0.15) is 4.98 Å². The highest BCUT2D eigenvalue weighted by molar-refractivity contribution is 7.99. The lowest BCUT2D eigenvalue weighted by molar-refractivity contribution is -0.140. The first-order valence-electron chi connectivity index (χ1n) is 15.8. The number of ether oxygens (including phenoxy) is 1. The van der Waals surface area contributed by atoms with Crippen molar-refractivity contribution in [2.24, 2.45) is 5.41 Å². The Kier molecular flexibility index (Phi) is 7.77. The normalized spacial score (nSPS) is 24.6. The van der Waals surface area contributed by atoms with Crippen molar-refractivity contribution in [3.8, 4) is 11.1 Å². The van der Waals surface area contributed by atoms with E-state index in [4.69, 9.17) is 9.72 Å². The molecule has 5 heterocycles. The van der Waals surface area contributed by atoms with Crippen molar-refractivity contribution in [2.45, 2.75) is 56.6 Å². The third-order valence-corrected chi connectivity index (χ3v) is 11.4.